The molecule has 1 atom stereocenters. The number of hydrogen-bond acceptors (Lipinski definition) is 4. The van der Waals surface area contributed by atoms with Gasteiger partial charge in [0.1, 0.15) is 6.04 Å². The molecule has 1 aromatic rings. The number of nitrogens with two attached hydrogens (primary N) is 1. The number of nitrogens with zero attached hydrogens (tertiary/aromatic N) is 1. The monoisotopic (exact) mass is 397 g/mol. The predicted octanol–water partition coefficient (Wildman–Crippen LogP) is 2.57. The molecule has 136 valence electrons. The van der Waals surface area contributed by atoms with Crippen molar-refractivity contribution >= 4 is 53.1 Å². The first-order valence-electron chi connectivity index (χ1n) is 7.17. The summed E-state index contributed by atoms with van der Waals surface area (Å²) in [6.45, 7) is 2.33. The van der Waals surface area contributed by atoms with Gasteiger partial charge in [-0.3, -0.25) is 9.59 Å². The van der Waals surface area contributed by atoms with Crippen molar-refractivity contribution in [3.05, 3.63) is 28.2 Å². The van der Waals surface area contributed by atoms with Gasteiger partial charge in [0.05, 0.1) is 23.9 Å². The van der Waals surface area contributed by atoms with Gasteiger partial charge in [-0.1, -0.05) is 30.1 Å². The van der Waals surface area contributed by atoms with Crippen LogP contribution in [0.4, 0.5) is 5.69 Å². The fraction of sp³-hybridized carbons (Fsp3) is 0.467. The third kappa shape index (κ3) is 7.23. The SMILES string of the molecule is CCCN(CC(=O)Nc1ccc(Cl)cc1Cl)C(=O)C(N)COC.Cl. The van der Waals surface area contributed by atoms with Crippen molar-refractivity contribution in [1.82, 2.24) is 4.90 Å². The van der Waals surface area contributed by atoms with E-state index in [0.29, 0.717) is 28.7 Å². The summed E-state index contributed by atoms with van der Waals surface area (Å²) in [6, 6.07) is 3.96. The maximum Gasteiger partial charge on any atom is 0.244 e. The second-order valence-corrected chi connectivity index (χ2v) is 5.84. The lowest BCUT2D eigenvalue weighted by molar-refractivity contribution is -0.136. The number of methoxy groups -OCH3 is 1. The molecule has 1 aromatic carbocycles. The van der Waals surface area contributed by atoms with Gasteiger partial charge in [0, 0.05) is 18.7 Å². The van der Waals surface area contributed by atoms with Crippen LogP contribution in [0, 0.1) is 0 Å². The summed E-state index contributed by atoms with van der Waals surface area (Å²) in [7, 11) is 1.46. The van der Waals surface area contributed by atoms with E-state index in [1.54, 1.807) is 12.1 Å². The minimum atomic E-state index is -0.793. The summed E-state index contributed by atoms with van der Waals surface area (Å²) in [4.78, 5) is 25.8. The van der Waals surface area contributed by atoms with Crippen molar-refractivity contribution in [2.75, 3.05) is 32.1 Å². The molecule has 0 aliphatic carbocycles. The van der Waals surface area contributed by atoms with Crippen LogP contribution in [-0.2, 0) is 14.3 Å². The summed E-state index contributed by atoms with van der Waals surface area (Å²) in [6.07, 6.45) is 0.709. The highest BCUT2D eigenvalue weighted by Crippen LogP contribution is 2.25. The molecule has 9 heteroatoms. The van der Waals surface area contributed by atoms with Crippen molar-refractivity contribution < 1.29 is 14.3 Å². The second kappa shape index (κ2) is 11.5. The number of nitrogens with one attached hydrogen (secondary N) is 1. The van der Waals surface area contributed by atoms with Gasteiger partial charge in [0.25, 0.3) is 0 Å². The number of hydrogen-bond donors (Lipinski definition) is 2. The molecule has 0 saturated carbocycles. The maximum atomic E-state index is 12.2. The zero-order valence-corrected chi connectivity index (χ0v) is 15.9. The van der Waals surface area contributed by atoms with Crippen LogP contribution in [-0.4, -0.2) is 49.6 Å². The molecule has 24 heavy (non-hydrogen) atoms. The number of rotatable bonds is 8. The van der Waals surface area contributed by atoms with Crippen LogP contribution in [0.5, 0.6) is 0 Å². The molecule has 6 nitrogen and oxygen atoms in total. The van der Waals surface area contributed by atoms with Crippen LogP contribution < -0.4 is 11.1 Å². The third-order valence-electron chi connectivity index (χ3n) is 3.01. The fourth-order valence-corrected chi connectivity index (χ4v) is 2.43. The average molecular weight is 399 g/mol. The minimum absolute atomic E-state index is 0. The van der Waals surface area contributed by atoms with Crippen LogP contribution in [0.15, 0.2) is 18.2 Å². The molecule has 0 fully saturated rings. The summed E-state index contributed by atoms with van der Waals surface area (Å²) >= 11 is 11.8. The molecular formula is C15H22Cl3N3O3. The van der Waals surface area contributed by atoms with Gasteiger partial charge < -0.3 is 20.7 Å². The maximum absolute atomic E-state index is 12.2. The second-order valence-electron chi connectivity index (χ2n) is 4.99. The molecule has 1 unspecified atom stereocenters. The van der Waals surface area contributed by atoms with Crippen LogP contribution >= 0.6 is 35.6 Å². The Labute approximate surface area is 158 Å². The topological polar surface area (TPSA) is 84.7 Å². The first-order valence-corrected chi connectivity index (χ1v) is 7.92. The molecule has 0 aliphatic rings. The number of benzene rings is 1. The summed E-state index contributed by atoms with van der Waals surface area (Å²) in [5.74, 6) is -0.688. The smallest absolute Gasteiger partial charge is 0.244 e. The standard InChI is InChI=1S/C15H21Cl2N3O3.ClH/c1-3-6-20(15(22)12(18)9-23-2)8-14(21)19-13-5-4-10(16)7-11(13)17;/h4-5,7,12H,3,6,8-9,18H2,1-2H3,(H,19,21);1H. The molecule has 3 N–H and O–H groups in total. The number of amides is 2. The number of ether oxygens (including phenoxy) is 1. The van der Waals surface area contributed by atoms with E-state index in [2.05, 4.69) is 5.32 Å². The van der Waals surface area contributed by atoms with Crippen molar-refractivity contribution in [3.8, 4) is 0 Å². The van der Waals surface area contributed by atoms with Crippen molar-refractivity contribution in [3.63, 3.8) is 0 Å². The van der Waals surface area contributed by atoms with E-state index < -0.39 is 6.04 Å². The third-order valence-corrected chi connectivity index (χ3v) is 3.56. The number of carbonyl (C=O) groups excluding carboxylic acids is 2. The van der Waals surface area contributed by atoms with Crippen LogP contribution in [0.2, 0.25) is 10.0 Å². The van der Waals surface area contributed by atoms with E-state index in [-0.39, 0.29) is 37.4 Å². The number of halogens is 3. The highest BCUT2D eigenvalue weighted by Gasteiger charge is 2.22. The van der Waals surface area contributed by atoms with Crippen molar-refractivity contribution in [2.24, 2.45) is 5.73 Å². The molecule has 0 spiro atoms. The van der Waals surface area contributed by atoms with Gasteiger partial charge in [-0.2, -0.15) is 0 Å². The molecular weight excluding hydrogens is 377 g/mol. The van der Waals surface area contributed by atoms with Crippen LogP contribution in [0.1, 0.15) is 13.3 Å². The Bertz CT molecular complexity index is 558. The van der Waals surface area contributed by atoms with Gasteiger partial charge in [-0.15, -0.1) is 12.4 Å². The molecule has 0 heterocycles. The van der Waals surface area contributed by atoms with Gasteiger partial charge >= 0.3 is 0 Å². The normalized spacial score (nSPS) is 11.4. The highest BCUT2D eigenvalue weighted by atomic mass is 35.5. The Morgan fingerprint density at radius 1 is 1.38 bits per heavy atom. The van der Waals surface area contributed by atoms with E-state index in [0.717, 1.165) is 0 Å². The van der Waals surface area contributed by atoms with Gasteiger partial charge in [0.2, 0.25) is 11.8 Å². The quantitative estimate of drug-likeness (QED) is 0.705. The Morgan fingerprint density at radius 3 is 2.58 bits per heavy atom. The molecule has 2 amide bonds. The number of carbonyl (C=O) groups is 2. The highest BCUT2D eigenvalue weighted by molar-refractivity contribution is 6.36. The van der Waals surface area contributed by atoms with E-state index >= 15 is 0 Å². The van der Waals surface area contributed by atoms with Crippen molar-refractivity contribution in [1.29, 1.82) is 0 Å². The largest absolute Gasteiger partial charge is 0.383 e. The lowest BCUT2D eigenvalue weighted by Gasteiger charge is -2.24. The molecule has 0 saturated heterocycles. The zero-order chi connectivity index (χ0) is 17.4. The molecule has 0 aromatic heterocycles. The Kier molecular flexibility index (Phi) is 11.0. The molecule has 0 radical (unpaired) electrons. The number of anilines is 1. The van der Waals surface area contributed by atoms with E-state index in [9.17, 15) is 9.59 Å². The van der Waals surface area contributed by atoms with Crippen molar-refractivity contribution in [2.45, 2.75) is 19.4 Å². The minimum Gasteiger partial charge on any atom is -0.383 e. The Hall–Kier alpha value is -1.05. The predicted molar refractivity (Wildman–Crippen MR) is 99.1 cm³/mol. The van der Waals surface area contributed by atoms with E-state index in [4.69, 9.17) is 33.7 Å². The van der Waals surface area contributed by atoms with E-state index in [1.165, 1.54) is 18.1 Å². The van der Waals surface area contributed by atoms with Gasteiger partial charge in [0.15, 0.2) is 0 Å². The summed E-state index contributed by atoms with van der Waals surface area (Å²) < 4.78 is 4.88. The molecule has 0 aliphatic heterocycles. The van der Waals surface area contributed by atoms with Gasteiger partial charge in [-0.05, 0) is 24.6 Å². The summed E-state index contributed by atoms with van der Waals surface area (Å²) in [5, 5.41) is 3.46. The Morgan fingerprint density at radius 2 is 2.04 bits per heavy atom. The lowest BCUT2D eigenvalue weighted by atomic mass is 10.2. The molecule has 0 bridgehead atoms. The fourth-order valence-electron chi connectivity index (χ4n) is 1.98. The van der Waals surface area contributed by atoms with E-state index in [1.807, 2.05) is 6.92 Å². The molecule has 1 rings (SSSR count). The first kappa shape index (κ1) is 22.9. The Balaban J connectivity index is 0.00000529. The average Bonchev–Trinajstić information content (AvgIpc) is 2.49. The van der Waals surface area contributed by atoms with Crippen LogP contribution in [0.25, 0.3) is 0 Å². The lowest BCUT2D eigenvalue weighted by Crippen LogP contribution is -2.48. The van der Waals surface area contributed by atoms with Crippen LogP contribution in [0.3, 0.4) is 0 Å². The van der Waals surface area contributed by atoms with Gasteiger partial charge in [-0.25, -0.2) is 0 Å². The zero-order valence-electron chi connectivity index (χ0n) is 13.6. The summed E-state index contributed by atoms with van der Waals surface area (Å²) in [5.41, 5.74) is 6.18. The first-order chi connectivity index (χ1) is 10.9.